The van der Waals surface area contributed by atoms with Crippen molar-refractivity contribution >= 4 is 17.3 Å². The Labute approximate surface area is 113 Å². The Hall–Kier alpha value is -2.29. The van der Waals surface area contributed by atoms with E-state index in [0.29, 0.717) is 11.3 Å². The number of carbonyl (C=O) groups is 1. The number of anilines is 2. The van der Waals surface area contributed by atoms with Crippen molar-refractivity contribution in [2.24, 2.45) is 0 Å². The number of rotatable bonds is 2. The van der Waals surface area contributed by atoms with Gasteiger partial charge in [-0.3, -0.25) is 4.79 Å². The van der Waals surface area contributed by atoms with Crippen LogP contribution in [0.1, 0.15) is 27.0 Å². The average Bonchev–Trinajstić information content (AvgIpc) is 2.37. The van der Waals surface area contributed by atoms with Crippen LogP contribution in [0.2, 0.25) is 0 Å². The van der Waals surface area contributed by atoms with E-state index in [1.165, 1.54) is 0 Å². The Morgan fingerprint density at radius 1 is 1.00 bits per heavy atom. The van der Waals surface area contributed by atoms with Crippen molar-refractivity contribution in [1.29, 1.82) is 0 Å². The SMILES string of the molecule is Cc1ccc(C(=O)Nc2c(C)cccc2C)cc1N. The molecule has 0 spiro atoms. The van der Waals surface area contributed by atoms with Crippen LogP contribution in [0.5, 0.6) is 0 Å². The van der Waals surface area contributed by atoms with Crippen LogP contribution in [0.15, 0.2) is 36.4 Å². The number of benzene rings is 2. The molecule has 3 nitrogen and oxygen atoms in total. The number of nitrogens with two attached hydrogens (primary N) is 1. The summed E-state index contributed by atoms with van der Waals surface area (Å²) in [5.74, 6) is -0.135. The summed E-state index contributed by atoms with van der Waals surface area (Å²) < 4.78 is 0. The lowest BCUT2D eigenvalue weighted by Gasteiger charge is -2.12. The molecule has 3 N–H and O–H groups in total. The number of nitrogens with one attached hydrogen (secondary N) is 1. The number of hydrogen-bond donors (Lipinski definition) is 2. The largest absolute Gasteiger partial charge is 0.398 e. The monoisotopic (exact) mass is 254 g/mol. The smallest absolute Gasteiger partial charge is 0.255 e. The van der Waals surface area contributed by atoms with Crippen LogP contribution in [0.25, 0.3) is 0 Å². The van der Waals surface area contributed by atoms with Crippen LogP contribution in [0, 0.1) is 20.8 Å². The van der Waals surface area contributed by atoms with Crippen molar-refractivity contribution < 1.29 is 4.79 Å². The predicted octanol–water partition coefficient (Wildman–Crippen LogP) is 3.45. The van der Waals surface area contributed by atoms with Gasteiger partial charge >= 0.3 is 0 Å². The van der Waals surface area contributed by atoms with E-state index in [-0.39, 0.29) is 5.91 Å². The molecule has 0 saturated carbocycles. The molecule has 0 saturated heterocycles. The Morgan fingerprint density at radius 3 is 2.21 bits per heavy atom. The fraction of sp³-hybridized carbons (Fsp3) is 0.188. The number of amides is 1. The first-order chi connectivity index (χ1) is 8.99. The van der Waals surface area contributed by atoms with Gasteiger partial charge in [-0.05, 0) is 49.6 Å². The summed E-state index contributed by atoms with van der Waals surface area (Å²) in [7, 11) is 0. The van der Waals surface area contributed by atoms with Gasteiger partial charge in [0.05, 0.1) is 0 Å². The standard InChI is InChI=1S/C16H18N2O/c1-10-7-8-13(9-14(10)17)16(19)18-15-11(2)5-4-6-12(15)3/h4-9H,17H2,1-3H3,(H,18,19). The number of carbonyl (C=O) groups excluding carboxylic acids is 1. The van der Waals surface area contributed by atoms with Crippen LogP contribution >= 0.6 is 0 Å². The second kappa shape index (κ2) is 5.14. The van der Waals surface area contributed by atoms with E-state index in [1.54, 1.807) is 12.1 Å². The van der Waals surface area contributed by atoms with Gasteiger partial charge in [-0.1, -0.05) is 24.3 Å². The Kier molecular flexibility index (Phi) is 3.56. The lowest BCUT2D eigenvalue weighted by Crippen LogP contribution is -2.14. The molecule has 2 rings (SSSR count). The molecule has 0 atom stereocenters. The Morgan fingerprint density at radius 2 is 1.63 bits per heavy atom. The van der Waals surface area contributed by atoms with Gasteiger partial charge in [0.2, 0.25) is 0 Å². The maximum atomic E-state index is 12.2. The van der Waals surface area contributed by atoms with Gasteiger partial charge < -0.3 is 11.1 Å². The van der Waals surface area contributed by atoms with E-state index in [2.05, 4.69) is 5.32 Å². The van der Waals surface area contributed by atoms with Crippen molar-refractivity contribution in [2.45, 2.75) is 20.8 Å². The van der Waals surface area contributed by atoms with Crippen molar-refractivity contribution in [3.8, 4) is 0 Å². The van der Waals surface area contributed by atoms with Gasteiger partial charge in [-0.2, -0.15) is 0 Å². The molecular formula is C16H18N2O. The third kappa shape index (κ3) is 2.76. The minimum Gasteiger partial charge on any atom is -0.398 e. The predicted molar refractivity (Wildman–Crippen MR) is 79.5 cm³/mol. The van der Waals surface area contributed by atoms with Crippen molar-refractivity contribution in [3.05, 3.63) is 58.7 Å². The highest BCUT2D eigenvalue weighted by atomic mass is 16.1. The molecular weight excluding hydrogens is 236 g/mol. The minimum absolute atomic E-state index is 0.135. The number of para-hydroxylation sites is 1. The van der Waals surface area contributed by atoms with Gasteiger partial charge in [0.15, 0.2) is 0 Å². The molecule has 0 fully saturated rings. The molecule has 2 aromatic carbocycles. The van der Waals surface area contributed by atoms with Crippen LogP contribution in [-0.4, -0.2) is 5.91 Å². The summed E-state index contributed by atoms with van der Waals surface area (Å²) >= 11 is 0. The van der Waals surface area contributed by atoms with Crippen LogP contribution in [0.4, 0.5) is 11.4 Å². The minimum atomic E-state index is -0.135. The van der Waals surface area contributed by atoms with E-state index >= 15 is 0 Å². The zero-order chi connectivity index (χ0) is 14.0. The molecule has 0 aliphatic heterocycles. The molecule has 0 aliphatic carbocycles. The van der Waals surface area contributed by atoms with Crippen LogP contribution < -0.4 is 11.1 Å². The fourth-order valence-corrected chi connectivity index (χ4v) is 1.98. The molecule has 0 aliphatic rings. The first-order valence-electron chi connectivity index (χ1n) is 6.22. The highest BCUT2D eigenvalue weighted by molar-refractivity contribution is 6.05. The third-order valence-corrected chi connectivity index (χ3v) is 3.26. The highest BCUT2D eigenvalue weighted by Gasteiger charge is 2.10. The molecule has 19 heavy (non-hydrogen) atoms. The van der Waals surface area contributed by atoms with Crippen molar-refractivity contribution in [2.75, 3.05) is 11.1 Å². The Bertz CT molecular complexity index is 612. The summed E-state index contributed by atoms with van der Waals surface area (Å²) in [4.78, 5) is 12.2. The fourth-order valence-electron chi connectivity index (χ4n) is 1.98. The third-order valence-electron chi connectivity index (χ3n) is 3.26. The topological polar surface area (TPSA) is 55.1 Å². The highest BCUT2D eigenvalue weighted by Crippen LogP contribution is 2.21. The van der Waals surface area contributed by atoms with Crippen LogP contribution in [-0.2, 0) is 0 Å². The molecule has 0 radical (unpaired) electrons. The van der Waals surface area contributed by atoms with E-state index in [9.17, 15) is 4.79 Å². The lowest BCUT2D eigenvalue weighted by atomic mass is 10.1. The molecule has 3 heteroatoms. The summed E-state index contributed by atoms with van der Waals surface area (Å²) in [5.41, 5.74) is 11.0. The summed E-state index contributed by atoms with van der Waals surface area (Å²) in [6, 6.07) is 11.3. The summed E-state index contributed by atoms with van der Waals surface area (Å²) in [5, 5.41) is 2.95. The number of aryl methyl sites for hydroxylation is 3. The Balaban J connectivity index is 2.28. The molecule has 0 heterocycles. The zero-order valence-electron chi connectivity index (χ0n) is 11.4. The van der Waals surface area contributed by atoms with Crippen molar-refractivity contribution in [3.63, 3.8) is 0 Å². The molecule has 0 unspecified atom stereocenters. The first-order valence-corrected chi connectivity index (χ1v) is 6.22. The zero-order valence-corrected chi connectivity index (χ0v) is 11.4. The second-order valence-electron chi connectivity index (χ2n) is 4.79. The lowest BCUT2D eigenvalue weighted by molar-refractivity contribution is 0.102. The first kappa shape index (κ1) is 13.1. The summed E-state index contributed by atoms with van der Waals surface area (Å²) in [6.45, 7) is 5.88. The normalized spacial score (nSPS) is 10.3. The molecule has 1 amide bonds. The van der Waals surface area contributed by atoms with Gasteiger partial charge in [-0.25, -0.2) is 0 Å². The van der Waals surface area contributed by atoms with E-state index in [0.717, 1.165) is 22.4 Å². The summed E-state index contributed by atoms with van der Waals surface area (Å²) in [6.07, 6.45) is 0. The van der Waals surface area contributed by atoms with Gasteiger partial charge in [0.1, 0.15) is 0 Å². The quantitative estimate of drug-likeness (QED) is 0.806. The maximum absolute atomic E-state index is 12.2. The van der Waals surface area contributed by atoms with E-state index < -0.39 is 0 Å². The average molecular weight is 254 g/mol. The second-order valence-corrected chi connectivity index (χ2v) is 4.79. The molecule has 98 valence electrons. The molecule has 0 bridgehead atoms. The van der Waals surface area contributed by atoms with E-state index in [1.807, 2.05) is 45.0 Å². The maximum Gasteiger partial charge on any atom is 0.255 e. The number of hydrogen-bond acceptors (Lipinski definition) is 2. The van der Waals surface area contributed by atoms with Gasteiger partial charge in [-0.15, -0.1) is 0 Å². The number of nitrogen functional groups attached to an aromatic ring is 1. The molecule has 0 aromatic heterocycles. The van der Waals surface area contributed by atoms with Gasteiger partial charge in [0, 0.05) is 16.9 Å². The van der Waals surface area contributed by atoms with Crippen LogP contribution in [0.3, 0.4) is 0 Å². The van der Waals surface area contributed by atoms with Gasteiger partial charge in [0.25, 0.3) is 5.91 Å². The van der Waals surface area contributed by atoms with E-state index in [4.69, 9.17) is 5.73 Å². The van der Waals surface area contributed by atoms with Crippen molar-refractivity contribution in [1.82, 2.24) is 0 Å². The molecule has 2 aromatic rings.